The number of pyridine rings is 1. The Hall–Kier alpha value is -1.91. The quantitative estimate of drug-likeness (QED) is 0.812. The SMILES string of the molecule is CC(C)(C)N(C(=O)O)[C@@H](CC1CCCCC1)C(=O)c1ccccn1. The van der Waals surface area contributed by atoms with Gasteiger partial charge in [0.15, 0.2) is 0 Å². The van der Waals surface area contributed by atoms with Crippen molar-refractivity contribution in [3.8, 4) is 0 Å². The van der Waals surface area contributed by atoms with E-state index in [4.69, 9.17) is 0 Å². The summed E-state index contributed by atoms with van der Waals surface area (Å²) in [6.45, 7) is 5.50. The molecule has 5 heteroatoms. The summed E-state index contributed by atoms with van der Waals surface area (Å²) < 4.78 is 0. The zero-order valence-electron chi connectivity index (χ0n) is 14.9. The number of carbonyl (C=O) groups excluding carboxylic acids is 1. The number of rotatable bonds is 5. The molecule has 1 N–H and O–H groups in total. The highest BCUT2D eigenvalue weighted by Gasteiger charge is 2.39. The number of amides is 1. The number of aromatic nitrogens is 1. The average Bonchev–Trinajstić information content (AvgIpc) is 2.53. The van der Waals surface area contributed by atoms with Gasteiger partial charge in [0, 0.05) is 11.7 Å². The van der Waals surface area contributed by atoms with Gasteiger partial charge in [0.1, 0.15) is 11.7 Å². The molecule has 1 aromatic rings. The van der Waals surface area contributed by atoms with Crippen molar-refractivity contribution in [3.63, 3.8) is 0 Å². The summed E-state index contributed by atoms with van der Waals surface area (Å²) >= 11 is 0. The lowest BCUT2D eigenvalue weighted by molar-refractivity contribution is 0.0472. The van der Waals surface area contributed by atoms with E-state index in [-0.39, 0.29) is 5.78 Å². The van der Waals surface area contributed by atoms with E-state index in [1.54, 1.807) is 24.4 Å². The minimum atomic E-state index is -1.05. The van der Waals surface area contributed by atoms with Gasteiger partial charge < -0.3 is 5.11 Å². The monoisotopic (exact) mass is 332 g/mol. The predicted octanol–water partition coefficient (Wildman–Crippen LogP) is 4.38. The van der Waals surface area contributed by atoms with E-state index in [1.165, 1.54) is 11.3 Å². The van der Waals surface area contributed by atoms with Gasteiger partial charge in [-0.2, -0.15) is 0 Å². The molecule has 132 valence electrons. The lowest BCUT2D eigenvalue weighted by Crippen LogP contribution is -2.55. The first-order valence-electron chi connectivity index (χ1n) is 8.78. The minimum Gasteiger partial charge on any atom is -0.465 e. The van der Waals surface area contributed by atoms with E-state index in [2.05, 4.69) is 4.98 Å². The zero-order valence-corrected chi connectivity index (χ0v) is 14.9. The van der Waals surface area contributed by atoms with Crippen LogP contribution in [-0.2, 0) is 0 Å². The molecular weight excluding hydrogens is 304 g/mol. The second kappa shape index (κ2) is 7.77. The van der Waals surface area contributed by atoms with Gasteiger partial charge in [-0.15, -0.1) is 0 Å². The van der Waals surface area contributed by atoms with Crippen molar-refractivity contribution in [2.24, 2.45) is 5.92 Å². The molecule has 5 nitrogen and oxygen atoms in total. The van der Waals surface area contributed by atoms with E-state index in [1.807, 2.05) is 20.8 Å². The molecule has 1 amide bonds. The molecule has 0 saturated heterocycles. The van der Waals surface area contributed by atoms with Crippen LogP contribution in [0.4, 0.5) is 4.79 Å². The molecule has 0 radical (unpaired) electrons. The first-order chi connectivity index (χ1) is 11.3. The van der Waals surface area contributed by atoms with Gasteiger partial charge >= 0.3 is 6.09 Å². The molecule has 1 fully saturated rings. The molecule has 1 aliphatic carbocycles. The Bertz CT molecular complexity index is 560. The number of hydrogen-bond acceptors (Lipinski definition) is 3. The van der Waals surface area contributed by atoms with Crippen molar-refractivity contribution in [3.05, 3.63) is 30.1 Å². The number of Topliss-reactive ketones (excluding diaryl/α,β-unsaturated/α-hetero) is 1. The third-order valence-corrected chi connectivity index (χ3v) is 4.74. The summed E-state index contributed by atoms with van der Waals surface area (Å²) in [5, 5.41) is 9.76. The highest BCUT2D eigenvalue weighted by Crippen LogP contribution is 2.31. The molecule has 0 bridgehead atoms. The van der Waals surface area contributed by atoms with Gasteiger partial charge in [-0.1, -0.05) is 38.2 Å². The van der Waals surface area contributed by atoms with Gasteiger partial charge in [-0.3, -0.25) is 14.7 Å². The van der Waals surface area contributed by atoms with Crippen molar-refractivity contribution in [1.82, 2.24) is 9.88 Å². The summed E-state index contributed by atoms with van der Waals surface area (Å²) in [5.41, 5.74) is -0.302. The lowest BCUT2D eigenvalue weighted by Gasteiger charge is -2.40. The molecule has 1 aromatic heterocycles. The second-order valence-electron chi connectivity index (χ2n) is 7.66. The second-order valence-corrected chi connectivity index (χ2v) is 7.66. The number of nitrogens with zero attached hydrogens (tertiary/aromatic N) is 2. The van der Waals surface area contributed by atoms with Crippen LogP contribution < -0.4 is 0 Å². The molecule has 0 aromatic carbocycles. The van der Waals surface area contributed by atoms with Crippen LogP contribution in [0, 0.1) is 5.92 Å². The number of carbonyl (C=O) groups is 2. The Morgan fingerprint density at radius 1 is 1.25 bits per heavy atom. The van der Waals surface area contributed by atoms with Crippen molar-refractivity contribution in [2.45, 2.75) is 70.9 Å². The molecule has 0 spiro atoms. The van der Waals surface area contributed by atoms with E-state index in [9.17, 15) is 14.7 Å². The fourth-order valence-electron chi connectivity index (χ4n) is 3.64. The van der Waals surface area contributed by atoms with Crippen LogP contribution in [0.25, 0.3) is 0 Å². The van der Waals surface area contributed by atoms with Crippen LogP contribution >= 0.6 is 0 Å². The number of carboxylic acid groups (broad SMARTS) is 1. The summed E-state index contributed by atoms with van der Waals surface area (Å²) in [5.74, 6) is 0.208. The normalized spacial score (nSPS) is 17.3. The Morgan fingerprint density at radius 2 is 1.92 bits per heavy atom. The zero-order chi connectivity index (χ0) is 17.7. The fourth-order valence-corrected chi connectivity index (χ4v) is 3.64. The van der Waals surface area contributed by atoms with Crippen LogP contribution in [0.5, 0.6) is 0 Å². The maximum atomic E-state index is 13.0. The van der Waals surface area contributed by atoms with Crippen LogP contribution in [-0.4, -0.2) is 38.4 Å². The van der Waals surface area contributed by atoms with Crippen molar-refractivity contribution < 1.29 is 14.7 Å². The highest BCUT2D eigenvalue weighted by atomic mass is 16.4. The smallest absolute Gasteiger partial charge is 0.408 e. The van der Waals surface area contributed by atoms with Gasteiger partial charge in [-0.25, -0.2) is 4.79 Å². The molecule has 0 aliphatic heterocycles. The molecule has 1 aliphatic rings. The van der Waals surface area contributed by atoms with Crippen LogP contribution in [0.1, 0.15) is 69.8 Å². The first kappa shape index (κ1) is 18.4. The molecular formula is C19H28N2O3. The van der Waals surface area contributed by atoms with Crippen LogP contribution in [0.3, 0.4) is 0 Å². The molecule has 1 atom stereocenters. The summed E-state index contributed by atoms with van der Waals surface area (Å²) in [6, 6.07) is 4.51. The van der Waals surface area contributed by atoms with Gasteiger partial charge in [0.05, 0.1) is 0 Å². The number of hydrogen-bond donors (Lipinski definition) is 1. The van der Waals surface area contributed by atoms with E-state index < -0.39 is 17.7 Å². The average molecular weight is 332 g/mol. The summed E-state index contributed by atoms with van der Waals surface area (Å²) in [4.78, 5) is 30.4. The molecule has 24 heavy (non-hydrogen) atoms. The summed E-state index contributed by atoms with van der Waals surface area (Å²) in [7, 11) is 0. The van der Waals surface area contributed by atoms with E-state index >= 15 is 0 Å². The van der Waals surface area contributed by atoms with Gasteiger partial charge in [-0.05, 0) is 45.2 Å². The minimum absolute atomic E-state index is 0.196. The molecule has 1 heterocycles. The Morgan fingerprint density at radius 3 is 2.42 bits per heavy atom. The third-order valence-electron chi connectivity index (χ3n) is 4.74. The third kappa shape index (κ3) is 4.56. The molecule has 0 unspecified atom stereocenters. The first-order valence-corrected chi connectivity index (χ1v) is 8.78. The van der Waals surface area contributed by atoms with Crippen molar-refractivity contribution in [2.75, 3.05) is 0 Å². The largest absolute Gasteiger partial charge is 0.465 e. The van der Waals surface area contributed by atoms with E-state index in [0.717, 1.165) is 25.7 Å². The Labute approximate surface area is 144 Å². The standard InChI is InChI=1S/C19H28N2O3/c1-19(2,3)21(18(23)24)16(13-14-9-5-4-6-10-14)17(22)15-11-7-8-12-20-15/h7-8,11-12,14,16H,4-6,9-10,13H2,1-3H3,(H,23,24)/t16-/m0/s1. The Kier molecular flexibility index (Phi) is 5.97. The highest BCUT2D eigenvalue weighted by molar-refractivity contribution is 6.00. The molecule has 2 rings (SSSR count). The lowest BCUT2D eigenvalue weighted by atomic mass is 9.82. The van der Waals surface area contributed by atoms with Crippen molar-refractivity contribution in [1.29, 1.82) is 0 Å². The maximum absolute atomic E-state index is 13.0. The number of ketones is 1. The van der Waals surface area contributed by atoms with Crippen LogP contribution in [0.2, 0.25) is 0 Å². The van der Waals surface area contributed by atoms with E-state index in [0.29, 0.717) is 18.0 Å². The fraction of sp³-hybridized carbons (Fsp3) is 0.632. The van der Waals surface area contributed by atoms with Gasteiger partial charge in [0.2, 0.25) is 5.78 Å². The topological polar surface area (TPSA) is 70.5 Å². The summed E-state index contributed by atoms with van der Waals surface area (Å²) in [6.07, 6.45) is 6.82. The van der Waals surface area contributed by atoms with Crippen LogP contribution in [0.15, 0.2) is 24.4 Å². The molecule has 1 saturated carbocycles. The van der Waals surface area contributed by atoms with Gasteiger partial charge in [0.25, 0.3) is 0 Å². The maximum Gasteiger partial charge on any atom is 0.408 e. The predicted molar refractivity (Wildman–Crippen MR) is 93.2 cm³/mol. The Balaban J connectivity index is 2.32. The van der Waals surface area contributed by atoms with Crippen molar-refractivity contribution >= 4 is 11.9 Å².